The van der Waals surface area contributed by atoms with Crippen LogP contribution in [0.2, 0.25) is 10.0 Å². The monoisotopic (exact) mass is 366 g/mol. The third-order valence-corrected chi connectivity index (χ3v) is 4.98. The van der Waals surface area contributed by atoms with Crippen LogP contribution in [0.4, 0.5) is 10.1 Å². The Morgan fingerprint density at radius 1 is 1.00 bits per heavy atom. The Bertz CT molecular complexity index is 728. The predicted molar refractivity (Wildman–Crippen MR) is 95.4 cm³/mol. The van der Waals surface area contributed by atoms with Crippen molar-refractivity contribution < 1.29 is 9.18 Å². The quantitative estimate of drug-likeness (QED) is 0.818. The number of piperazine rings is 1. The molecule has 0 N–H and O–H groups in total. The molecule has 0 spiro atoms. The summed E-state index contributed by atoms with van der Waals surface area (Å²) in [5.74, 6) is -0.239. The van der Waals surface area contributed by atoms with Gasteiger partial charge in [-0.25, -0.2) is 4.39 Å². The van der Waals surface area contributed by atoms with Crippen LogP contribution in [0.5, 0.6) is 0 Å². The topological polar surface area (TPSA) is 23.6 Å². The Hall–Kier alpha value is -1.78. The van der Waals surface area contributed by atoms with Crippen molar-refractivity contribution in [3.05, 3.63) is 63.9 Å². The van der Waals surface area contributed by atoms with Gasteiger partial charge in [0.1, 0.15) is 5.82 Å². The molecule has 0 aliphatic carbocycles. The molecule has 0 aromatic heterocycles. The van der Waals surface area contributed by atoms with E-state index in [-0.39, 0.29) is 18.1 Å². The second-order valence-corrected chi connectivity index (χ2v) is 6.53. The van der Waals surface area contributed by atoms with Gasteiger partial charge < -0.3 is 9.80 Å². The lowest BCUT2D eigenvalue weighted by atomic mass is 10.1. The molecule has 2 aromatic rings. The summed E-state index contributed by atoms with van der Waals surface area (Å²) in [5, 5.41) is 1.08. The highest BCUT2D eigenvalue weighted by atomic mass is 35.5. The number of anilines is 1. The highest BCUT2D eigenvalue weighted by Crippen LogP contribution is 2.32. The van der Waals surface area contributed by atoms with Crippen LogP contribution >= 0.6 is 23.2 Å². The van der Waals surface area contributed by atoms with Crippen LogP contribution in [0.25, 0.3) is 0 Å². The molecule has 3 nitrogen and oxygen atoms in total. The average Bonchev–Trinajstić information content (AvgIpc) is 2.59. The summed E-state index contributed by atoms with van der Waals surface area (Å²) in [6, 6.07) is 11.6. The van der Waals surface area contributed by atoms with E-state index in [2.05, 4.69) is 4.90 Å². The maximum Gasteiger partial charge on any atom is 0.227 e. The van der Waals surface area contributed by atoms with Crippen molar-refractivity contribution in [3.8, 4) is 0 Å². The largest absolute Gasteiger partial charge is 0.367 e. The van der Waals surface area contributed by atoms with Gasteiger partial charge in [-0.15, -0.1) is 0 Å². The molecule has 6 heteroatoms. The average molecular weight is 367 g/mol. The van der Waals surface area contributed by atoms with Crippen LogP contribution in [-0.2, 0) is 11.2 Å². The van der Waals surface area contributed by atoms with Crippen molar-refractivity contribution >= 4 is 34.8 Å². The van der Waals surface area contributed by atoms with E-state index < -0.39 is 0 Å². The molecule has 24 heavy (non-hydrogen) atoms. The first-order chi connectivity index (χ1) is 11.5. The first-order valence-electron chi connectivity index (χ1n) is 7.76. The molecule has 1 saturated heterocycles. The fourth-order valence-electron chi connectivity index (χ4n) is 2.82. The number of halogens is 3. The van der Waals surface area contributed by atoms with Gasteiger partial charge in [-0.1, -0.05) is 41.4 Å². The Morgan fingerprint density at radius 2 is 1.67 bits per heavy atom. The van der Waals surface area contributed by atoms with Crippen LogP contribution < -0.4 is 4.90 Å². The van der Waals surface area contributed by atoms with Crippen LogP contribution in [0.3, 0.4) is 0 Å². The molecule has 1 fully saturated rings. The molecule has 0 unspecified atom stereocenters. The minimum absolute atomic E-state index is 0.0541. The molecule has 2 aromatic carbocycles. The van der Waals surface area contributed by atoms with E-state index in [1.54, 1.807) is 18.2 Å². The van der Waals surface area contributed by atoms with Crippen LogP contribution in [-0.4, -0.2) is 37.0 Å². The molecule has 126 valence electrons. The third-order valence-electron chi connectivity index (χ3n) is 4.17. The van der Waals surface area contributed by atoms with Gasteiger partial charge >= 0.3 is 0 Å². The van der Waals surface area contributed by atoms with E-state index >= 15 is 0 Å². The lowest BCUT2D eigenvalue weighted by molar-refractivity contribution is -0.130. The zero-order chi connectivity index (χ0) is 17.1. The highest BCUT2D eigenvalue weighted by molar-refractivity contribution is 6.43. The molecule has 1 heterocycles. The second kappa shape index (κ2) is 7.41. The number of carbonyl (C=O) groups is 1. The number of hydrogen-bond donors (Lipinski definition) is 0. The van der Waals surface area contributed by atoms with E-state index in [4.69, 9.17) is 23.2 Å². The number of hydrogen-bond acceptors (Lipinski definition) is 2. The van der Waals surface area contributed by atoms with Gasteiger partial charge in [0.15, 0.2) is 0 Å². The SMILES string of the molecule is O=C(Cc1ccc(F)cc1)N1CCN(c2cccc(Cl)c2Cl)CC1. The zero-order valence-corrected chi connectivity index (χ0v) is 14.5. The maximum absolute atomic E-state index is 12.9. The fraction of sp³-hybridized carbons (Fsp3) is 0.278. The highest BCUT2D eigenvalue weighted by Gasteiger charge is 2.23. The number of rotatable bonds is 3. The summed E-state index contributed by atoms with van der Waals surface area (Å²) in [6.07, 6.45) is 0.290. The normalized spacial score (nSPS) is 14.8. The summed E-state index contributed by atoms with van der Waals surface area (Å²) in [7, 11) is 0. The van der Waals surface area contributed by atoms with Crippen molar-refractivity contribution in [2.75, 3.05) is 31.1 Å². The number of nitrogens with zero attached hydrogens (tertiary/aromatic N) is 2. The molecule has 1 amide bonds. The van der Waals surface area contributed by atoms with E-state index in [0.29, 0.717) is 36.2 Å². The minimum Gasteiger partial charge on any atom is -0.367 e. The summed E-state index contributed by atoms with van der Waals surface area (Å²) < 4.78 is 12.9. The van der Waals surface area contributed by atoms with Gasteiger partial charge in [0, 0.05) is 26.2 Å². The Labute approximate surface area is 150 Å². The molecule has 3 rings (SSSR count). The Morgan fingerprint density at radius 3 is 2.33 bits per heavy atom. The van der Waals surface area contributed by atoms with E-state index in [1.807, 2.05) is 17.0 Å². The molecule has 0 saturated carbocycles. The number of amides is 1. The Balaban J connectivity index is 1.59. The van der Waals surface area contributed by atoms with Crippen molar-refractivity contribution in [1.82, 2.24) is 4.90 Å². The molecule has 1 aliphatic heterocycles. The van der Waals surface area contributed by atoms with Crippen molar-refractivity contribution in [2.24, 2.45) is 0 Å². The van der Waals surface area contributed by atoms with Gasteiger partial charge in [0.2, 0.25) is 5.91 Å². The molecular weight excluding hydrogens is 350 g/mol. The van der Waals surface area contributed by atoms with E-state index in [0.717, 1.165) is 11.3 Å². The molecular formula is C18H17Cl2FN2O. The second-order valence-electron chi connectivity index (χ2n) is 5.74. The Kier molecular flexibility index (Phi) is 5.27. The molecule has 0 radical (unpaired) electrons. The van der Waals surface area contributed by atoms with E-state index in [9.17, 15) is 9.18 Å². The first kappa shape index (κ1) is 17.1. The summed E-state index contributed by atoms with van der Waals surface area (Å²) in [4.78, 5) is 16.3. The van der Waals surface area contributed by atoms with Crippen LogP contribution in [0, 0.1) is 5.82 Å². The zero-order valence-electron chi connectivity index (χ0n) is 13.0. The molecule has 0 atom stereocenters. The standard InChI is InChI=1S/C18H17Cl2FN2O/c19-15-2-1-3-16(18(15)20)22-8-10-23(11-9-22)17(24)12-13-4-6-14(21)7-5-13/h1-7H,8-12H2. The lowest BCUT2D eigenvalue weighted by Gasteiger charge is -2.36. The van der Waals surface area contributed by atoms with Gasteiger partial charge in [-0.2, -0.15) is 0 Å². The van der Waals surface area contributed by atoms with Crippen molar-refractivity contribution in [1.29, 1.82) is 0 Å². The van der Waals surface area contributed by atoms with Gasteiger partial charge in [-0.05, 0) is 29.8 Å². The van der Waals surface area contributed by atoms with Crippen molar-refractivity contribution in [2.45, 2.75) is 6.42 Å². The van der Waals surface area contributed by atoms with E-state index in [1.165, 1.54) is 12.1 Å². The fourth-order valence-corrected chi connectivity index (χ4v) is 3.24. The van der Waals surface area contributed by atoms with Crippen molar-refractivity contribution in [3.63, 3.8) is 0 Å². The third kappa shape index (κ3) is 3.82. The first-order valence-corrected chi connectivity index (χ1v) is 8.51. The predicted octanol–water partition coefficient (Wildman–Crippen LogP) is 4.02. The molecule has 1 aliphatic rings. The summed E-state index contributed by atoms with van der Waals surface area (Å²) in [5.41, 5.74) is 1.72. The maximum atomic E-state index is 12.9. The van der Waals surface area contributed by atoms with Gasteiger partial charge in [0.25, 0.3) is 0 Å². The van der Waals surface area contributed by atoms with Crippen LogP contribution in [0.1, 0.15) is 5.56 Å². The minimum atomic E-state index is -0.293. The number of carbonyl (C=O) groups excluding carboxylic acids is 1. The summed E-state index contributed by atoms with van der Waals surface area (Å²) >= 11 is 12.3. The van der Waals surface area contributed by atoms with Gasteiger partial charge in [-0.3, -0.25) is 4.79 Å². The lowest BCUT2D eigenvalue weighted by Crippen LogP contribution is -2.49. The number of benzene rings is 2. The van der Waals surface area contributed by atoms with Crippen LogP contribution in [0.15, 0.2) is 42.5 Å². The van der Waals surface area contributed by atoms with Gasteiger partial charge in [0.05, 0.1) is 22.2 Å². The smallest absolute Gasteiger partial charge is 0.227 e. The molecule has 0 bridgehead atoms. The summed E-state index contributed by atoms with van der Waals surface area (Å²) in [6.45, 7) is 2.66.